The zero-order valence-electron chi connectivity index (χ0n) is 15.7. The molecule has 0 aliphatic heterocycles. The maximum Gasteiger partial charge on any atom is 0.331 e. The summed E-state index contributed by atoms with van der Waals surface area (Å²) < 4.78 is 11.9. The number of furan rings is 1. The number of benzene rings is 1. The number of nitrogens with zero attached hydrogens (tertiary/aromatic N) is 2. The van der Waals surface area contributed by atoms with Gasteiger partial charge < -0.3 is 14.5 Å². The molecule has 1 amide bonds. The van der Waals surface area contributed by atoms with Gasteiger partial charge in [0.15, 0.2) is 6.61 Å². The lowest BCUT2D eigenvalue weighted by molar-refractivity contribution is -0.143. The lowest BCUT2D eigenvalue weighted by atomic mass is 10.2. The average molecular weight is 379 g/mol. The van der Waals surface area contributed by atoms with Gasteiger partial charge in [0, 0.05) is 17.3 Å². The van der Waals surface area contributed by atoms with Gasteiger partial charge in [-0.25, -0.2) is 9.48 Å². The summed E-state index contributed by atoms with van der Waals surface area (Å²) >= 11 is 0. The van der Waals surface area contributed by atoms with E-state index in [9.17, 15) is 9.59 Å². The molecule has 0 aliphatic rings. The number of aryl methyl sites for hydroxylation is 1. The van der Waals surface area contributed by atoms with Crippen LogP contribution in [0.3, 0.4) is 0 Å². The van der Waals surface area contributed by atoms with Crippen molar-refractivity contribution in [3.63, 3.8) is 0 Å². The first kappa shape index (κ1) is 19.2. The van der Waals surface area contributed by atoms with E-state index in [-0.39, 0.29) is 13.2 Å². The van der Waals surface area contributed by atoms with Gasteiger partial charge in [-0.05, 0) is 44.2 Å². The molecule has 0 radical (unpaired) electrons. The number of ether oxygens (including phenoxy) is 1. The Labute approximate surface area is 162 Å². The minimum atomic E-state index is -0.598. The van der Waals surface area contributed by atoms with Crippen molar-refractivity contribution in [2.24, 2.45) is 0 Å². The first-order valence-electron chi connectivity index (χ1n) is 8.80. The van der Waals surface area contributed by atoms with Crippen LogP contribution in [-0.2, 0) is 20.9 Å². The third-order valence-electron chi connectivity index (χ3n) is 4.12. The van der Waals surface area contributed by atoms with Gasteiger partial charge in [-0.3, -0.25) is 4.79 Å². The van der Waals surface area contributed by atoms with Crippen LogP contribution in [-0.4, -0.2) is 28.3 Å². The Morgan fingerprint density at radius 1 is 1.18 bits per heavy atom. The molecule has 0 bridgehead atoms. The molecule has 3 aromatic rings. The molecule has 7 heteroatoms. The zero-order valence-corrected chi connectivity index (χ0v) is 15.7. The molecule has 2 aromatic heterocycles. The highest BCUT2D eigenvalue weighted by atomic mass is 16.5. The van der Waals surface area contributed by atoms with Gasteiger partial charge in [0.2, 0.25) is 0 Å². The summed E-state index contributed by atoms with van der Waals surface area (Å²) in [5.74, 6) is -0.372. The molecule has 0 unspecified atom stereocenters. The summed E-state index contributed by atoms with van der Waals surface area (Å²) in [6.45, 7) is 3.70. The van der Waals surface area contributed by atoms with Crippen LogP contribution in [0.25, 0.3) is 11.8 Å². The maximum atomic E-state index is 11.9. The van der Waals surface area contributed by atoms with Crippen molar-refractivity contribution in [2.75, 3.05) is 6.61 Å². The van der Waals surface area contributed by atoms with Crippen molar-refractivity contribution in [1.29, 1.82) is 0 Å². The molecule has 144 valence electrons. The van der Waals surface area contributed by atoms with E-state index in [0.29, 0.717) is 5.76 Å². The van der Waals surface area contributed by atoms with Gasteiger partial charge >= 0.3 is 5.97 Å². The van der Waals surface area contributed by atoms with Crippen molar-refractivity contribution in [3.05, 3.63) is 77.5 Å². The van der Waals surface area contributed by atoms with E-state index < -0.39 is 11.9 Å². The number of esters is 1. The second-order valence-corrected chi connectivity index (χ2v) is 6.13. The first-order chi connectivity index (χ1) is 13.5. The molecule has 0 fully saturated rings. The van der Waals surface area contributed by atoms with E-state index in [1.54, 1.807) is 18.2 Å². The molecule has 28 heavy (non-hydrogen) atoms. The van der Waals surface area contributed by atoms with Crippen LogP contribution in [0.15, 0.2) is 59.2 Å². The third kappa shape index (κ3) is 4.76. The fraction of sp³-hybridized carbons (Fsp3) is 0.190. The number of nitrogens with one attached hydrogen (secondary N) is 1. The number of aromatic nitrogens is 2. The van der Waals surface area contributed by atoms with Crippen molar-refractivity contribution in [2.45, 2.75) is 20.4 Å². The van der Waals surface area contributed by atoms with Crippen LogP contribution in [0, 0.1) is 13.8 Å². The van der Waals surface area contributed by atoms with Gasteiger partial charge in [-0.15, -0.1) is 0 Å². The molecule has 1 aromatic carbocycles. The van der Waals surface area contributed by atoms with Gasteiger partial charge in [-0.1, -0.05) is 18.2 Å². The molecular weight excluding hydrogens is 358 g/mol. The minimum Gasteiger partial charge on any atom is -0.467 e. The minimum absolute atomic E-state index is 0.246. The standard InChI is InChI=1S/C21H21N3O4/c1-15-19(16(2)24(23-15)17-7-4-3-5-8-17)10-11-21(26)28-14-20(25)22-13-18-9-6-12-27-18/h3-12H,13-14H2,1-2H3,(H,22,25). The summed E-state index contributed by atoms with van der Waals surface area (Å²) in [6.07, 6.45) is 4.47. The Hall–Kier alpha value is -3.61. The zero-order chi connectivity index (χ0) is 19.9. The highest BCUT2D eigenvalue weighted by Crippen LogP contribution is 2.19. The van der Waals surface area contributed by atoms with Crippen molar-refractivity contribution >= 4 is 18.0 Å². The Morgan fingerprint density at radius 2 is 1.96 bits per heavy atom. The monoisotopic (exact) mass is 379 g/mol. The summed E-state index contributed by atoms with van der Waals surface area (Å²) in [7, 11) is 0. The summed E-state index contributed by atoms with van der Waals surface area (Å²) in [6, 6.07) is 13.2. The first-order valence-corrected chi connectivity index (χ1v) is 8.80. The van der Waals surface area contributed by atoms with Gasteiger partial charge in [0.1, 0.15) is 5.76 Å². The predicted octanol–water partition coefficient (Wildman–Crippen LogP) is 2.95. The third-order valence-corrected chi connectivity index (χ3v) is 4.12. The smallest absolute Gasteiger partial charge is 0.331 e. The van der Waals surface area contributed by atoms with Crippen LogP contribution in [0.2, 0.25) is 0 Å². The van der Waals surface area contributed by atoms with E-state index >= 15 is 0 Å². The van der Waals surface area contributed by atoms with Crippen molar-refractivity contribution in [3.8, 4) is 5.69 Å². The van der Waals surface area contributed by atoms with E-state index in [4.69, 9.17) is 9.15 Å². The molecule has 0 spiro atoms. The van der Waals surface area contributed by atoms with Crippen LogP contribution in [0.4, 0.5) is 0 Å². The molecule has 3 rings (SSSR count). The molecule has 0 saturated carbocycles. The number of amides is 1. The SMILES string of the molecule is Cc1nn(-c2ccccc2)c(C)c1C=CC(=O)OCC(=O)NCc1ccco1. The van der Waals surface area contributed by atoms with Gasteiger partial charge in [-0.2, -0.15) is 5.10 Å². The number of hydrogen-bond acceptors (Lipinski definition) is 5. The van der Waals surface area contributed by atoms with Crippen LogP contribution in [0.5, 0.6) is 0 Å². The number of para-hydroxylation sites is 1. The van der Waals surface area contributed by atoms with Gasteiger partial charge in [0.05, 0.1) is 24.2 Å². The molecular formula is C21H21N3O4. The second-order valence-electron chi connectivity index (χ2n) is 6.13. The summed E-state index contributed by atoms with van der Waals surface area (Å²) in [5.41, 5.74) is 3.48. The number of hydrogen-bond donors (Lipinski definition) is 1. The van der Waals surface area contributed by atoms with E-state index in [0.717, 1.165) is 22.6 Å². The summed E-state index contributed by atoms with van der Waals surface area (Å²) in [5, 5.41) is 7.13. The predicted molar refractivity (Wildman–Crippen MR) is 104 cm³/mol. The van der Waals surface area contributed by atoms with Crippen LogP contribution in [0.1, 0.15) is 22.7 Å². The lowest BCUT2D eigenvalue weighted by Crippen LogP contribution is -2.27. The Morgan fingerprint density at radius 3 is 2.68 bits per heavy atom. The van der Waals surface area contributed by atoms with Crippen molar-refractivity contribution in [1.82, 2.24) is 15.1 Å². The number of carbonyl (C=O) groups excluding carboxylic acids is 2. The molecule has 0 aliphatic carbocycles. The van der Waals surface area contributed by atoms with Crippen LogP contribution >= 0.6 is 0 Å². The highest BCUT2D eigenvalue weighted by Gasteiger charge is 2.11. The molecule has 0 saturated heterocycles. The van der Waals surface area contributed by atoms with Gasteiger partial charge in [0.25, 0.3) is 5.91 Å². The highest BCUT2D eigenvalue weighted by molar-refractivity contribution is 5.89. The molecule has 2 heterocycles. The second kappa shape index (κ2) is 8.85. The fourth-order valence-electron chi connectivity index (χ4n) is 2.70. The quantitative estimate of drug-likeness (QED) is 0.504. The Kier molecular flexibility index (Phi) is 6.06. The molecule has 1 N–H and O–H groups in total. The number of rotatable bonds is 7. The Bertz CT molecular complexity index is 973. The van der Waals surface area contributed by atoms with Crippen molar-refractivity contribution < 1.29 is 18.7 Å². The van der Waals surface area contributed by atoms with E-state index in [2.05, 4.69) is 10.4 Å². The normalized spacial score (nSPS) is 10.9. The Balaban J connectivity index is 1.55. The van der Waals surface area contributed by atoms with E-state index in [1.165, 1.54) is 12.3 Å². The number of carbonyl (C=O) groups is 2. The molecule has 0 atom stereocenters. The lowest BCUT2D eigenvalue weighted by Gasteiger charge is -2.04. The summed E-state index contributed by atoms with van der Waals surface area (Å²) in [4.78, 5) is 23.6. The van der Waals surface area contributed by atoms with E-state index in [1.807, 2.05) is 48.9 Å². The van der Waals surface area contributed by atoms with Crippen LogP contribution < -0.4 is 5.32 Å². The fourth-order valence-corrected chi connectivity index (χ4v) is 2.70. The topological polar surface area (TPSA) is 86.4 Å². The average Bonchev–Trinajstić information content (AvgIpc) is 3.32. The molecule has 7 nitrogen and oxygen atoms in total. The largest absolute Gasteiger partial charge is 0.467 e. The maximum absolute atomic E-state index is 11.9.